The van der Waals surface area contributed by atoms with Gasteiger partial charge in [-0.25, -0.2) is 0 Å². The minimum atomic E-state index is 0.768. The summed E-state index contributed by atoms with van der Waals surface area (Å²) in [7, 11) is 0. The molecule has 1 aliphatic heterocycles. The van der Waals surface area contributed by atoms with Crippen molar-refractivity contribution in [3.8, 4) is 0 Å². The molecule has 3 unspecified atom stereocenters. The van der Waals surface area contributed by atoms with Gasteiger partial charge in [0, 0.05) is 25.2 Å². The Morgan fingerprint density at radius 1 is 1.24 bits per heavy atom. The quantitative estimate of drug-likeness (QED) is 0.792. The van der Waals surface area contributed by atoms with E-state index in [0.29, 0.717) is 0 Å². The molecule has 3 atom stereocenters. The summed E-state index contributed by atoms with van der Waals surface area (Å²) in [4.78, 5) is 2.79. The van der Waals surface area contributed by atoms with Crippen LogP contribution in [0.3, 0.4) is 0 Å². The van der Waals surface area contributed by atoms with Gasteiger partial charge in [-0.1, -0.05) is 20.8 Å². The highest BCUT2D eigenvalue weighted by Crippen LogP contribution is 2.29. The van der Waals surface area contributed by atoms with Crippen molar-refractivity contribution >= 4 is 0 Å². The van der Waals surface area contributed by atoms with Crippen molar-refractivity contribution in [3.05, 3.63) is 0 Å². The number of hydrogen-bond donors (Lipinski definition) is 1. The van der Waals surface area contributed by atoms with Gasteiger partial charge in [0.1, 0.15) is 0 Å². The Balaban J connectivity index is 1.87. The predicted molar refractivity (Wildman–Crippen MR) is 74.2 cm³/mol. The molecule has 1 saturated heterocycles. The summed E-state index contributed by atoms with van der Waals surface area (Å²) in [5, 5.41) is 3.65. The van der Waals surface area contributed by atoms with E-state index >= 15 is 0 Å². The Bertz CT molecular complexity index is 221. The van der Waals surface area contributed by atoms with E-state index in [2.05, 4.69) is 31.0 Å². The van der Waals surface area contributed by atoms with Crippen LogP contribution in [0.1, 0.15) is 52.9 Å². The summed E-state index contributed by atoms with van der Waals surface area (Å²) in [6.07, 6.45) is 7.07. The van der Waals surface area contributed by atoms with E-state index in [4.69, 9.17) is 0 Å². The van der Waals surface area contributed by atoms with Crippen LogP contribution in [0.4, 0.5) is 0 Å². The summed E-state index contributed by atoms with van der Waals surface area (Å²) >= 11 is 0. The topological polar surface area (TPSA) is 15.3 Å². The van der Waals surface area contributed by atoms with Gasteiger partial charge in [-0.15, -0.1) is 0 Å². The minimum Gasteiger partial charge on any atom is -0.313 e. The Labute approximate surface area is 107 Å². The molecule has 1 heterocycles. The van der Waals surface area contributed by atoms with Gasteiger partial charge < -0.3 is 5.32 Å². The van der Waals surface area contributed by atoms with Gasteiger partial charge in [-0.05, 0) is 50.5 Å². The van der Waals surface area contributed by atoms with Crippen molar-refractivity contribution in [2.24, 2.45) is 11.8 Å². The minimum absolute atomic E-state index is 0.768. The molecule has 1 saturated carbocycles. The second kappa shape index (κ2) is 6.19. The highest BCUT2D eigenvalue weighted by atomic mass is 15.2. The van der Waals surface area contributed by atoms with Crippen LogP contribution in [-0.4, -0.2) is 36.6 Å². The number of hydrogen-bond acceptors (Lipinski definition) is 2. The third kappa shape index (κ3) is 3.96. The zero-order valence-corrected chi connectivity index (χ0v) is 11.9. The molecular formula is C15H30N2. The van der Waals surface area contributed by atoms with Crippen LogP contribution in [-0.2, 0) is 0 Å². The maximum atomic E-state index is 3.65. The van der Waals surface area contributed by atoms with Crippen LogP contribution in [0, 0.1) is 11.8 Å². The van der Waals surface area contributed by atoms with Crippen LogP contribution < -0.4 is 5.32 Å². The molecular weight excluding hydrogens is 208 g/mol. The Hall–Kier alpha value is -0.0800. The van der Waals surface area contributed by atoms with Crippen LogP contribution in [0.2, 0.25) is 0 Å². The van der Waals surface area contributed by atoms with Crippen molar-refractivity contribution in [3.63, 3.8) is 0 Å². The molecule has 2 aliphatic rings. The summed E-state index contributed by atoms with van der Waals surface area (Å²) < 4.78 is 0. The standard InChI is InChI=1S/C15H30N2/c1-12(2)10-17(11-14-5-4-8-16-14)15-7-6-13(3)9-15/h12-16H,4-11H2,1-3H3. The second-order valence-corrected chi connectivity index (χ2v) is 6.71. The van der Waals surface area contributed by atoms with Gasteiger partial charge >= 0.3 is 0 Å². The van der Waals surface area contributed by atoms with E-state index in [0.717, 1.165) is 23.9 Å². The first-order valence-electron chi connectivity index (χ1n) is 7.62. The van der Waals surface area contributed by atoms with E-state index in [9.17, 15) is 0 Å². The molecule has 2 heteroatoms. The van der Waals surface area contributed by atoms with Gasteiger partial charge in [-0.3, -0.25) is 4.90 Å². The maximum Gasteiger partial charge on any atom is 0.0195 e. The fourth-order valence-corrected chi connectivity index (χ4v) is 3.55. The monoisotopic (exact) mass is 238 g/mol. The lowest BCUT2D eigenvalue weighted by Crippen LogP contribution is -2.44. The first-order valence-corrected chi connectivity index (χ1v) is 7.62. The molecule has 17 heavy (non-hydrogen) atoms. The van der Waals surface area contributed by atoms with Crippen molar-refractivity contribution in [1.29, 1.82) is 0 Å². The molecule has 1 N–H and O–H groups in total. The van der Waals surface area contributed by atoms with Crippen molar-refractivity contribution in [2.75, 3.05) is 19.6 Å². The zero-order chi connectivity index (χ0) is 12.3. The Morgan fingerprint density at radius 3 is 2.59 bits per heavy atom. The van der Waals surface area contributed by atoms with Crippen LogP contribution in [0.5, 0.6) is 0 Å². The Kier molecular flexibility index (Phi) is 4.87. The highest BCUT2D eigenvalue weighted by Gasteiger charge is 2.29. The average molecular weight is 238 g/mol. The third-order valence-corrected chi connectivity index (χ3v) is 4.40. The first-order chi connectivity index (χ1) is 8.15. The number of nitrogens with zero attached hydrogens (tertiary/aromatic N) is 1. The van der Waals surface area contributed by atoms with E-state index in [-0.39, 0.29) is 0 Å². The maximum absolute atomic E-state index is 3.65. The molecule has 0 aromatic rings. The highest BCUT2D eigenvalue weighted by molar-refractivity contribution is 4.86. The molecule has 0 aromatic carbocycles. The fourth-order valence-electron chi connectivity index (χ4n) is 3.55. The summed E-state index contributed by atoms with van der Waals surface area (Å²) in [6, 6.07) is 1.64. The Morgan fingerprint density at radius 2 is 2.06 bits per heavy atom. The number of rotatable bonds is 5. The lowest BCUT2D eigenvalue weighted by atomic mass is 10.1. The lowest BCUT2D eigenvalue weighted by Gasteiger charge is -2.32. The molecule has 0 aromatic heterocycles. The van der Waals surface area contributed by atoms with Gasteiger partial charge in [0.05, 0.1) is 0 Å². The smallest absolute Gasteiger partial charge is 0.0195 e. The average Bonchev–Trinajstić information content (AvgIpc) is 2.87. The van der Waals surface area contributed by atoms with Crippen LogP contribution >= 0.6 is 0 Å². The number of nitrogens with one attached hydrogen (secondary N) is 1. The molecule has 2 fully saturated rings. The largest absolute Gasteiger partial charge is 0.313 e. The summed E-state index contributed by atoms with van der Waals surface area (Å²) in [5.74, 6) is 1.75. The molecule has 0 amide bonds. The SMILES string of the molecule is CC(C)CN(CC1CCCN1)C1CCC(C)C1. The van der Waals surface area contributed by atoms with E-state index in [1.807, 2.05) is 0 Å². The van der Waals surface area contributed by atoms with Crippen LogP contribution in [0.15, 0.2) is 0 Å². The molecule has 2 rings (SSSR count). The van der Waals surface area contributed by atoms with E-state index < -0.39 is 0 Å². The molecule has 0 spiro atoms. The molecule has 1 aliphatic carbocycles. The van der Waals surface area contributed by atoms with Crippen molar-refractivity contribution < 1.29 is 0 Å². The van der Waals surface area contributed by atoms with Gasteiger partial charge in [-0.2, -0.15) is 0 Å². The summed E-state index contributed by atoms with van der Waals surface area (Å²) in [6.45, 7) is 10.9. The predicted octanol–water partition coefficient (Wildman–Crippen LogP) is 2.89. The van der Waals surface area contributed by atoms with Gasteiger partial charge in [0.25, 0.3) is 0 Å². The van der Waals surface area contributed by atoms with Gasteiger partial charge in [0.2, 0.25) is 0 Å². The van der Waals surface area contributed by atoms with E-state index in [1.165, 1.54) is 51.7 Å². The van der Waals surface area contributed by atoms with Crippen molar-refractivity contribution in [2.45, 2.75) is 65.0 Å². The lowest BCUT2D eigenvalue weighted by molar-refractivity contribution is 0.160. The van der Waals surface area contributed by atoms with Gasteiger partial charge in [0.15, 0.2) is 0 Å². The second-order valence-electron chi connectivity index (χ2n) is 6.71. The zero-order valence-electron chi connectivity index (χ0n) is 11.9. The molecule has 100 valence electrons. The van der Waals surface area contributed by atoms with E-state index in [1.54, 1.807) is 0 Å². The fraction of sp³-hybridized carbons (Fsp3) is 1.00. The molecule has 0 radical (unpaired) electrons. The third-order valence-electron chi connectivity index (χ3n) is 4.40. The summed E-state index contributed by atoms with van der Waals surface area (Å²) in [5.41, 5.74) is 0. The molecule has 0 bridgehead atoms. The normalized spacial score (nSPS) is 34.1. The first kappa shape index (κ1) is 13.4. The van der Waals surface area contributed by atoms with Crippen LogP contribution in [0.25, 0.3) is 0 Å². The van der Waals surface area contributed by atoms with Crippen molar-refractivity contribution in [1.82, 2.24) is 10.2 Å². The molecule has 2 nitrogen and oxygen atoms in total.